The second-order valence-corrected chi connectivity index (χ2v) is 5.52. The number of nitrogens with two attached hydrogens (primary N) is 1. The highest BCUT2D eigenvalue weighted by atomic mass is 16.6. The smallest absolute Gasteiger partial charge is 0.323 e. The van der Waals surface area contributed by atoms with Crippen LogP contribution >= 0.6 is 0 Å². The lowest BCUT2D eigenvalue weighted by atomic mass is 10.1. The predicted octanol–water partition coefficient (Wildman–Crippen LogP) is 1.61. The number of esters is 1. The van der Waals surface area contributed by atoms with Crippen molar-refractivity contribution < 1.29 is 14.3 Å². The first-order valence-corrected chi connectivity index (χ1v) is 5.92. The van der Waals surface area contributed by atoms with E-state index >= 15 is 0 Å². The highest BCUT2D eigenvalue weighted by molar-refractivity contribution is 5.75. The average Bonchev–Trinajstić information content (AvgIpc) is 2.48. The Balaban J connectivity index is 2.34. The molecule has 0 aromatic carbocycles. The molecular formula is C12H23NO3. The molecule has 2 N–H and O–H groups in total. The number of rotatable bonds is 3. The molecule has 0 bridgehead atoms. The zero-order valence-electron chi connectivity index (χ0n) is 10.7. The van der Waals surface area contributed by atoms with Gasteiger partial charge in [-0.2, -0.15) is 0 Å². The summed E-state index contributed by atoms with van der Waals surface area (Å²) in [6, 6.07) is -0.575. The molecule has 3 unspecified atom stereocenters. The van der Waals surface area contributed by atoms with Gasteiger partial charge in [-0.1, -0.05) is 0 Å². The van der Waals surface area contributed by atoms with Crippen molar-refractivity contribution >= 4 is 5.97 Å². The zero-order valence-corrected chi connectivity index (χ0v) is 10.7. The molecule has 0 saturated carbocycles. The highest BCUT2D eigenvalue weighted by Gasteiger charge is 2.28. The number of hydrogen-bond acceptors (Lipinski definition) is 4. The molecule has 4 heteroatoms. The van der Waals surface area contributed by atoms with Crippen LogP contribution in [0.3, 0.4) is 0 Å². The van der Waals surface area contributed by atoms with Crippen LogP contribution in [0.2, 0.25) is 0 Å². The molecular weight excluding hydrogens is 206 g/mol. The molecule has 1 aliphatic heterocycles. The molecule has 94 valence electrons. The summed E-state index contributed by atoms with van der Waals surface area (Å²) in [5.41, 5.74) is 5.32. The largest absolute Gasteiger partial charge is 0.459 e. The van der Waals surface area contributed by atoms with E-state index in [-0.39, 0.29) is 18.2 Å². The molecule has 1 saturated heterocycles. The van der Waals surface area contributed by atoms with Crippen LogP contribution in [0.15, 0.2) is 0 Å². The van der Waals surface area contributed by atoms with Crippen LogP contribution < -0.4 is 5.73 Å². The molecule has 4 nitrogen and oxygen atoms in total. The van der Waals surface area contributed by atoms with Crippen molar-refractivity contribution in [2.24, 2.45) is 5.73 Å². The van der Waals surface area contributed by atoms with Crippen molar-refractivity contribution in [1.82, 2.24) is 0 Å². The monoisotopic (exact) mass is 229 g/mol. The Hall–Kier alpha value is -0.610. The van der Waals surface area contributed by atoms with E-state index in [1.165, 1.54) is 0 Å². The van der Waals surface area contributed by atoms with Crippen molar-refractivity contribution in [2.75, 3.05) is 0 Å². The third-order valence-corrected chi connectivity index (χ3v) is 2.55. The van der Waals surface area contributed by atoms with Crippen molar-refractivity contribution in [3.8, 4) is 0 Å². The standard InChI is InChI=1S/C12H23NO3/c1-8-5-6-9(15-8)7-10(13)11(14)16-12(2,3)4/h8-10H,5-7,13H2,1-4H3. The van der Waals surface area contributed by atoms with Gasteiger partial charge in [-0.15, -0.1) is 0 Å². The van der Waals surface area contributed by atoms with E-state index in [0.29, 0.717) is 6.42 Å². The van der Waals surface area contributed by atoms with Crippen molar-refractivity contribution in [3.05, 3.63) is 0 Å². The fourth-order valence-electron chi connectivity index (χ4n) is 1.82. The molecule has 1 rings (SSSR count). The summed E-state index contributed by atoms with van der Waals surface area (Å²) in [6.07, 6.45) is 2.98. The Kier molecular flexibility index (Phi) is 4.33. The number of ether oxygens (including phenoxy) is 2. The summed E-state index contributed by atoms with van der Waals surface area (Å²) in [4.78, 5) is 11.6. The van der Waals surface area contributed by atoms with Gasteiger partial charge < -0.3 is 15.2 Å². The summed E-state index contributed by atoms with van der Waals surface area (Å²) in [7, 11) is 0. The molecule has 1 aliphatic rings. The van der Waals surface area contributed by atoms with Gasteiger partial charge in [-0.3, -0.25) is 4.79 Å². The molecule has 0 aromatic rings. The van der Waals surface area contributed by atoms with Gasteiger partial charge in [-0.05, 0) is 47.0 Å². The van der Waals surface area contributed by atoms with Gasteiger partial charge in [0.2, 0.25) is 0 Å². The van der Waals surface area contributed by atoms with Gasteiger partial charge in [0, 0.05) is 0 Å². The van der Waals surface area contributed by atoms with Crippen LogP contribution in [0.25, 0.3) is 0 Å². The topological polar surface area (TPSA) is 61.6 Å². The van der Waals surface area contributed by atoms with Crippen molar-refractivity contribution in [2.45, 2.75) is 70.8 Å². The maximum absolute atomic E-state index is 11.6. The molecule has 16 heavy (non-hydrogen) atoms. The first-order valence-electron chi connectivity index (χ1n) is 5.92. The van der Waals surface area contributed by atoms with Gasteiger partial charge in [-0.25, -0.2) is 0 Å². The lowest BCUT2D eigenvalue weighted by Gasteiger charge is -2.23. The summed E-state index contributed by atoms with van der Waals surface area (Å²) in [5.74, 6) is -0.337. The number of carbonyl (C=O) groups excluding carboxylic acids is 1. The average molecular weight is 229 g/mol. The lowest BCUT2D eigenvalue weighted by Crippen LogP contribution is -2.39. The third kappa shape index (κ3) is 4.49. The van der Waals surface area contributed by atoms with Crippen LogP contribution in [-0.4, -0.2) is 29.8 Å². The Labute approximate surface area is 97.5 Å². The minimum absolute atomic E-state index is 0.109. The van der Waals surface area contributed by atoms with E-state index < -0.39 is 11.6 Å². The van der Waals surface area contributed by atoms with Crippen LogP contribution in [0.4, 0.5) is 0 Å². The Bertz CT molecular complexity index is 247. The van der Waals surface area contributed by atoms with Crippen molar-refractivity contribution in [3.63, 3.8) is 0 Å². The first-order chi connectivity index (χ1) is 7.28. The first kappa shape index (κ1) is 13.5. The molecule has 0 radical (unpaired) electrons. The number of hydrogen-bond donors (Lipinski definition) is 1. The fourth-order valence-corrected chi connectivity index (χ4v) is 1.82. The van der Waals surface area contributed by atoms with Crippen LogP contribution in [-0.2, 0) is 14.3 Å². The van der Waals surface area contributed by atoms with E-state index in [2.05, 4.69) is 0 Å². The van der Waals surface area contributed by atoms with Gasteiger partial charge >= 0.3 is 5.97 Å². The third-order valence-electron chi connectivity index (χ3n) is 2.55. The Morgan fingerprint density at radius 3 is 2.56 bits per heavy atom. The summed E-state index contributed by atoms with van der Waals surface area (Å²) < 4.78 is 10.8. The van der Waals surface area contributed by atoms with Crippen LogP contribution in [0, 0.1) is 0 Å². The number of carbonyl (C=O) groups is 1. The van der Waals surface area contributed by atoms with Crippen LogP contribution in [0.1, 0.15) is 47.0 Å². The second-order valence-electron chi connectivity index (χ2n) is 5.52. The second kappa shape index (κ2) is 5.15. The van der Waals surface area contributed by atoms with Gasteiger partial charge in [0.05, 0.1) is 12.2 Å². The van der Waals surface area contributed by atoms with E-state index in [9.17, 15) is 4.79 Å². The van der Waals surface area contributed by atoms with Crippen LogP contribution in [0.5, 0.6) is 0 Å². The fraction of sp³-hybridized carbons (Fsp3) is 0.917. The van der Waals surface area contributed by atoms with Gasteiger partial charge in [0.15, 0.2) is 0 Å². The highest BCUT2D eigenvalue weighted by Crippen LogP contribution is 2.22. The molecule has 1 heterocycles. The van der Waals surface area contributed by atoms with E-state index in [1.54, 1.807) is 0 Å². The normalized spacial score (nSPS) is 27.8. The summed E-state index contributed by atoms with van der Waals surface area (Å²) >= 11 is 0. The zero-order chi connectivity index (χ0) is 12.3. The minimum atomic E-state index is -0.575. The quantitative estimate of drug-likeness (QED) is 0.747. The predicted molar refractivity (Wildman–Crippen MR) is 62.0 cm³/mol. The molecule has 0 aliphatic carbocycles. The Morgan fingerprint density at radius 1 is 1.50 bits per heavy atom. The summed E-state index contributed by atoms with van der Waals surface area (Å²) in [5, 5.41) is 0. The van der Waals surface area contributed by atoms with Gasteiger partial charge in [0.25, 0.3) is 0 Å². The summed E-state index contributed by atoms with van der Waals surface area (Å²) in [6.45, 7) is 7.56. The molecule has 0 aromatic heterocycles. The lowest BCUT2D eigenvalue weighted by molar-refractivity contribution is -0.157. The van der Waals surface area contributed by atoms with E-state index in [1.807, 2.05) is 27.7 Å². The molecule has 1 fully saturated rings. The minimum Gasteiger partial charge on any atom is -0.459 e. The Morgan fingerprint density at radius 2 is 2.12 bits per heavy atom. The maximum Gasteiger partial charge on any atom is 0.323 e. The van der Waals surface area contributed by atoms with E-state index in [0.717, 1.165) is 12.8 Å². The SMILES string of the molecule is CC1CCC(CC(N)C(=O)OC(C)(C)C)O1. The van der Waals surface area contributed by atoms with E-state index in [4.69, 9.17) is 15.2 Å². The maximum atomic E-state index is 11.6. The molecule has 0 amide bonds. The van der Waals surface area contributed by atoms with Gasteiger partial charge in [0.1, 0.15) is 11.6 Å². The molecule has 3 atom stereocenters. The molecule has 0 spiro atoms. The van der Waals surface area contributed by atoms with Crippen molar-refractivity contribution in [1.29, 1.82) is 0 Å².